The summed E-state index contributed by atoms with van der Waals surface area (Å²) in [5, 5.41) is 11.6. The van der Waals surface area contributed by atoms with Crippen molar-refractivity contribution in [1.29, 1.82) is 5.41 Å². The number of carbonyl (C=O) groups excluding carboxylic acids is 1. The zero-order valence-corrected chi connectivity index (χ0v) is 15.3. The summed E-state index contributed by atoms with van der Waals surface area (Å²) in [4.78, 5) is 15.0. The van der Waals surface area contributed by atoms with Crippen LogP contribution in [0.15, 0.2) is 91.0 Å². The lowest BCUT2D eigenvalue weighted by molar-refractivity contribution is -0.130. The number of carbonyl (C=O) groups is 1. The Kier molecular flexibility index (Phi) is 4.81. The van der Waals surface area contributed by atoms with E-state index in [2.05, 4.69) is 5.32 Å². The maximum absolute atomic E-state index is 13.5. The van der Waals surface area contributed by atoms with Gasteiger partial charge in [0.25, 0.3) is 5.91 Å². The Morgan fingerprint density at radius 3 is 1.86 bits per heavy atom. The van der Waals surface area contributed by atoms with Gasteiger partial charge in [-0.05, 0) is 23.3 Å². The standard InChI is InChI=1S/C23H21N3O2/c24-22-25-23(18-10-4-1-5-11-18,19-12-6-2-7-13-19)21(27)26(22)16-17-28-20-14-8-3-9-15-20/h1-15H,16-17H2,(H2,24,25). The third kappa shape index (κ3) is 3.11. The Balaban J connectivity index is 1.62. The molecule has 140 valence electrons. The van der Waals surface area contributed by atoms with Crippen LogP contribution in [0.4, 0.5) is 0 Å². The number of amides is 1. The van der Waals surface area contributed by atoms with Crippen LogP contribution in [0.25, 0.3) is 0 Å². The smallest absolute Gasteiger partial charge is 0.264 e. The minimum atomic E-state index is -1.10. The minimum absolute atomic E-state index is 0.0781. The van der Waals surface area contributed by atoms with Crippen molar-refractivity contribution in [3.63, 3.8) is 0 Å². The Morgan fingerprint density at radius 2 is 1.32 bits per heavy atom. The first-order valence-corrected chi connectivity index (χ1v) is 9.19. The SMILES string of the molecule is N=C1NC(c2ccccc2)(c2ccccc2)C(=O)N1CCOc1ccccc1. The van der Waals surface area contributed by atoms with E-state index < -0.39 is 5.54 Å². The first-order valence-electron chi connectivity index (χ1n) is 9.19. The van der Waals surface area contributed by atoms with Crippen LogP contribution in [0.2, 0.25) is 0 Å². The molecule has 1 fully saturated rings. The van der Waals surface area contributed by atoms with Gasteiger partial charge in [0.05, 0.1) is 6.54 Å². The molecule has 3 aromatic carbocycles. The number of nitrogens with zero attached hydrogens (tertiary/aromatic N) is 1. The molecule has 5 nitrogen and oxygen atoms in total. The van der Waals surface area contributed by atoms with E-state index in [4.69, 9.17) is 10.1 Å². The number of rotatable bonds is 6. The molecule has 0 radical (unpaired) electrons. The minimum Gasteiger partial charge on any atom is -0.492 e. The van der Waals surface area contributed by atoms with Crippen molar-refractivity contribution < 1.29 is 9.53 Å². The van der Waals surface area contributed by atoms with Gasteiger partial charge in [-0.25, -0.2) is 0 Å². The molecule has 1 saturated heterocycles. The number of para-hydroxylation sites is 1. The van der Waals surface area contributed by atoms with E-state index in [1.165, 1.54) is 4.90 Å². The molecular formula is C23H21N3O2. The highest BCUT2D eigenvalue weighted by atomic mass is 16.5. The molecule has 1 amide bonds. The summed E-state index contributed by atoms with van der Waals surface area (Å²) < 4.78 is 5.73. The van der Waals surface area contributed by atoms with Gasteiger partial charge >= 0.3 is 0 Å². The summed E-state index contributed by atoms with van der Waals surface area (Å²) in [5.74, 6) is 0.645. The van der Waals surface area contributed by atoms with E-state index in [0.717, 1.165) is 16.9 Å². The molecule has 1 heterocycles. The fourth-order valence-electron chi connectivity index (χ4n) is 3.52. The van der Waals surface area contributed by atoms with Gasteiger partial charge in [0.2, 0.25) is 0 Å². The third-order valence-corrected chi connectivity index (χ3v) is 4.88. The van der Waals surface area contributed by atoms with Crippen molar-refractivity contribution in [3.05, 3.63) is 102 Å². The van der Waals surface area contributed by atoms with Crippen molar-refractivity contribution in [3.8, 4) is 5.75 Å². The van der Waals surface area contributed by atoms with Crippen LogP contribution in [0, 0.1) is 5.41 Å². The van der Waals surface area contributed by atoms with Gasteiger partial charge in [0.1, 0.15) is 12.4 Å². The lowest BCUT2D eigenvalue weighted by atomic mass is 9.82. The maximum atomic E-state index is 13.5. The maximum Gasteiger partial charge on any atom is 0.264 e. The van der Waals surface area contributed by atoms with Crippen LogP contribution >= 0.6 is 0 Å². The molecule has 1 aliphatic heterocycles. The first-order chi connectivity index (χ1) is 13.7. The summed E-state index contributed by atoms with van der Waals surface area (Å²) in [7, 11) is 0. The van der Waals surface area contributed by atoms with Crippen molar-refractivity contribution in [2.75, 3.05) is 13.2 Å². The average Bonchev–Trinajstić information content (AvgIpc) is 3.01. The van der Waals surface area contributed by atoms with Crippen LogP contribution in [0.5, 0.6) is 5.75 Å². The van der Waals surface area contributed by atoms with Gasteiger partial charge < -0.3 is 10.1 Å². The fourth-order valence-corrected chi connectivity index (χ4v) is 3.52. The summed E-state index contributed by atoms with van der Waals surface area (Å²) in [6.45, 7) is 0.598. The molecule has 0 aliphatic carbocycles. The second kappa shape index (κ2) is 7.56. The van der Waals surface area contributed by atoms with Gasteiger partial charge in [0, 0.05) is 0 Å². The molecule has 2 N–H and O–H groups in total. The second-order valence-electron chi connectivity index (χ2n) is 6.57. The molecule has 28 heavy (non-hydrogen) atoms. The molecule has 3 aromatic rings. The van der Waals surface area contributed by atoms with Gasteiger partial charge in [-0.15, -0.1) is 0 Å². The molecule has 0 aromatic heterocycles. The Hall–Kier alpha value is -3.60. The molecule has 1 aliphatic rings. The molecule has 0 atom stereocenters. The second-order valence-corrected chi connectivity index (χ2v) is 6.57. The van der Waals surface area contributed by atoms with Gasteiger partial charge in [0.15, 0.2) is 11.5 Å². The van der Waals surface area contributed by atoms with E-state index in [9.17, 15) is 4.79 Å². The molecular weight excluding hydrogens is 350 g/mol. The van der Waals surface area contributed by atoms with E-state index >= 15 is 0 Å². The summed E-state index contributed by atoms with van der Waals surface area (Å²) >= 11 is 0. The monoisotopic (exact) mass is 371 g/mol. The topological polar surface area (TPSA) is 65.4 Å². The van der Waals surface area contributed by atoms with E-state index in [0.29, 0.717) is 13.2 Å². The van der Waals surface area contributed by atoms with Crippen LogP contribution in [0.1, 0.15) is 11.1 Å². The number of hydrogen-bond acceptors (Lipinski definition) is 3. The average molecular weight is 371 g/mol. The predicted molar refractivity (Wildman–Crippen MR) is 108 cm³/mol. The normalized spacial score (nSPS) is 15.4. The van der Waals surface area contributed by atoms with Crippen LogP contribution in [-0.4, -0.2) is 29.9 Å². The molecule has 0 spiro atoms. The van der Waals surface area contributed by atoms with E-state index in [1.54, 1.807) is 0 Å². The third-order valence-electron chi connectivity index (χ3n) is 4.88. The quantitative estimate of drug-likeness (QED) is 0.698. The molecule has 4 rings (SSSR count). The molecule has 0 saturated carbocycles. The highest BCUT2D eigenvalue weighted by Crippen LogP contribution is 2.35. The molecule has 0 bridgehead atoms. The van der Waals surface area contributed by atoms with Crippen LogP contribution < -0.4 is 10.1 Å². The Morgan fingerprint density at radius 1 is 0.821 bits per heavy atom. The highest BCUT2D eigenvalue weighted by molar-refractivity contribution is 6.10. The zero-order chi connectivity index (χ0) is 19.4. The number of guanidine groups is 1. The van der Waals surface area contributed by atoms with Crippen molar-refractivity contribution >= 4 is 11.9 Å². The molecule has 0 unspecified atom stereocenters. The Bertz CT molecular complexity index is 919. The van der Waals surface area contributed by atoms with Crippen molar-refractivity contribution in [2.45, 2.75) is 5.54 Å². The lowest BCUT2D eigenvalue weighted by Gasteiger charge is -2.28. The summed E-state index contributed by atoms with van der Waals surface area (Å²) in [6.07, 6.45) is 0. The highest BCUT2D eigenvalue weighted by Gasteiger charge is 2.51. The van der Waals surface area contributed by atoms with Crippen molar-refractivity contribution in [1.82, 2.24) is 10.2 Å². The summed E-state index contributed by atoms with van der Waals surface area (Å²) in [6, 6.07) is 28.5. The number of nitrogens with one attached hydrogen (secondary N) is 2. The first kappa shape index (κ1) is 17.8. The largest absolute Gasteiger partial charge is 0.492 e. The fraction of sp³-hybridized carbons (Fsp3) is 0.130. The Labute approximate surface area is 164 Å². The predicted octanol–water partition coefficient (Wildman–Crippen LogP) is 3.38. The number of benzene rings is 3. The van der Waals surface area contributed by atoms with Crippen molar-refractivity contribution in [2.24, 2.45) is 0 Å². The number of hydrogen-bond donors (Lipinski definition) is 2. The van der Waals surface area contributed by atoms with Gasteiger partial charge in [-0.1, -0.05) is 78.9 Å². The summed E-state index contributed by atoms with van der Waals surface area (Å²) in [5.41, 5.74) is 0.511. The van der Waals surface area contributed by atoms with Crippen LogP contribution in [-0.2, 0) is 10.3 Å². The zero-order valence-electron chi connectivity index (χ0n) is 15.3. The van der Waals surface area contributed by atoms with Gasteiger partial charge in [-0.3, -0.25) is 15.1 Å². The lowest BCUT2D eigenvalue weighted by Crippen LogP contribution is -2.45. The van der Waals surface area contributed by atoms with E-state index in [-0.39, 0.29) is 11.9 Å². The molecule has 5 heteroatoms. The van der Waals surface area contributed by atoms with Crippen LogP contribution in [0.3, 0.4) is 0 Å². The van der Waals surface area contributed by atoms with E-state index in [1.807, 2.05) is 91.0 Å². The van der Waals surface area contributed by atoms with Gasteiger partial charge in [-0.2, -0.15) is 0 Å². The number of ether oxygens (including phenoxy) is 1.